The first-order valence-electron chi connectivity index (χ1n) is 18.9. The van der Waals surface area contributed by atoms with Crippen molar-refractivity contribution < 1.29 is 0 Å². The largest absolute Gasteiger partial charge is 0.309 e. The van der Waals surface area contributed by atoms with Crippen LogP contribution in [0.1, 0.15) is 0 Å². The Labute approximate surface area is 328 Å². The minimum atomic E-state index is 0.730. The Morgan fingerprint density at radius 2 is 0.875 bits per heavy atom. The number of benzene rings is 8. The van der Waals surface area contributed by atoms with E-state index < -0.39 is 0 Å². The third kappa shape index (κ3) is 5.42. The molecule has 0 atom stereocenters. The molecule has 3 heterocycles. The van der Waals surface area contributed by atoms with Crippen LogP contribution in [0.4, 0.5) is 0 Å². The normalized spacial score (nSPS) is 11.6. The van der Waals surface area contributed by atoms with Crippen molar-refractivity contribution in [3.05, 3.63) is 200 Å². The van der Waals surface area contributed by atoms with Crippen LogP contribution in [-0.4, -0.2) is 14.5 Å². The van der Waals surface area contributed by atoms with E-state index in [4.69, 9.17) is 9.97 Å². The number of para-hydroxylation sites is 2. The van der Waals surface area contributed by atoms with Gasteiger partial charge < -0.3 is 4.57 Å². The number of hydrogen-bond acceptors (Lipinski definition) is 3. The Balaban J connectivity index is 1.06. The molecule has 56 heavy (non-hydrogen) atoms. The second kappa shape index (κ2) is 13.3. The second-order valence-corrected chi connectivity index (χ2v) is 15.2. The van der Waals surface area contributed by atoms with Gasteiger partial charge in [-0.05, 0) is 69.8 Å². The van der Waals surface area contributed by atoms with Gasteiger partial charge in [0.15, 0.2) is 5.82 Å². The molecule has 0 aliphatic carbocycles. The predicted molar refractivity (Wildman–Crippen MR) is 236 cm³/mol. The van der Waals surface area contributed by atoms with Gasteiger partial charge >= 0.3 is 0 Å². The van der Waals surface area contributed by atoms with E-state index >= 15 is 0 Å². The summed E-state index contributed by atoms with van der Waals surface area (Å²) in [6.07, 6.45) is 0. The first-order valence-corrected chi connectivity index (χ1v) is 19.7. The minimum Gasteiger partial charge on any atom is -0.309 e. The molecule has 3 aromatic heterocycles. The third-order valence-corrected chi connectivity index (χ3v) is 12.0. The predicted octanol–water partition coefficient (Wildman–Crippen LogP) is 14.3. The van der Waals surface area contributed by atoms with E-state index in [9.17, 15) is 0 Å². The maximum Gasteiger partial charge on any atom is 0.160 e. The highest BCUT2D eigenvalue weighted by Gasteiger charge is 2.20. The number of aromatic nitrogens is 3. The zero-order chi connectivity index (χ0) is 37.0. The van der Waals surface area contributed by atoms with Crippen molar-refractivity contribution in [3.63, 3.8) is 0 Å². The summed E-state index contributed by atoms with van der Waals surface area (Å²) in [6.45, 7) is 0. The van der Waals surface area contributed by atoms with Crippen molar-refractivity contribution in [1.82, 2.24) is 14.5 Å². The lowest BCUT2D eigenvalue weighted by Crippen LogP contribution is -1.94. The fraction of sp³-hybridized carbons (Fsp3) is 0. The monoisotopic (exact) mass is 731 g/mol. The van der Waals surface area contributed by atoms with Crippen LogP contribution < -0.4 is 0 Å². The Morgan fingerprint density at radius 3 is 1.61 bits per heavy atom. The molecule has 0 aliphatic rings. The van der Waals surface area contributed by atoms with Crippen LogP contribution >= 0.6 is 11.3 Å². The van der Waals surface area contributed by atoms with Crippen LogP contribution in [0.2, 0.25) is 0 Å². The maximum absolute atomic E-state index is 5.29. The van der Waals surface area contributed by atoms with Crippen molar-refractivity contribution in [2.24, 2.45) is 0 Å². The van der Waals surface area contributed by atoms with Gasteiger partial charge in [-0.15, -0.1) is 11.3 Å². The molecule has 0 spiro atoms. The smallest absolute Gasteiger partial charge is 0.160 e. The first kappa shape index (κ1) is 32.3. The SMILES string of the molecule is c1ccc(-c2cccc(-c3nc(-c4ccccc4)nc4c3sc3c(-c5cccc(-c6cccc(-n7c8ccccc8c8ccccc87)c6)c5)cccc34)c2)cc1. The van der Waals surface area contributed by atoms with Crippen LogP contribution in [-0.2, 0) is 0 Å². The van der Waals surface area contributed by atoms with Crippen molar-refractivity contribution in [2.45, 2.75) is 0 Å². The molecule has 0 saturated carbocycles. The fourth-order valence-corrected chi connectivity index (χ4v) is 9.46. The van der Waals surface area contributed by atoms with Crippen LogP contribution in [0.3, 0.4) is 0 Å². The highest BCUT2D eigenvalue weighted by atomic mass is 32.1. The molecule has 262 valence electrons. The molecule has 3 nitrogen and oxygen atoms in total. The third-order valence-electron chi connectivity index (χ3n) is 10.8. The van der Waals surface area contributed by atoms with Gasteiger partial charge in [-0.25, -0.2) is 9.97 Å². The van der Waals surface area contributed by atoms with Crippen molar-refractivity contribution >= 4 is 53.4 Å². The molecular weight excluding hydrogens is 699 g/mol. The molecule has 11 aromatic rings. The number of rotatable bonds is 6. The quantitative estimate of drug-likeness (QED) is 0.170. The summed E-state index contributed by atoms with van der Waals surface area (Å²) in [4.78, 5) is 10.6. The maximum atomic E-state index is 5.29. The van der Waals surface area contributed by atoms with Gasteiger partial charge in [-0.3, -0.25) is 0 Å². The van der Waals surface area contributed by atoms with E-state index in [-0.39, 0.29) is 0 Å². The lowest BCUT2D eigenvalue weighted by Gasteiger charge is -2.11. The highest BCUT2D eigenvalue weighted by Crippen LogP contribution is 2.44. The number of hydrogen-bond donors (Lipinski definition) is 0. The summed E-state index contributed by atoms with van der Waals surface area (Å²) in [5, 5.41) is 3.67. The standard InChI is InChI=1S/C52H33N3S/c1-3-15-34(16-4-1)36-19-12-23-40(32-36)48-51-49(54-52(53-48)35-17-5-2-6-18-35)45-28-14-27-42(50(45)56-51)39-22-11-20-37(31-39)38-21-13-24-41(33-38)55-46-29-9-7-25-43(46)44-26-8-10-30-47(44)55/h1-33H. The lowest BCUT2D eigenvalue weighted by atomic mass is 9.98. The van der Waals surface area contributed by atoms with Crippen LogP contribution in [0.5, 0.6) is 0 Å². The molecule has 0 amide bonds. The fourth-order valence-electron chi connectivity index (χ4n) is 8.17. The molecule has 0 unspecified atom stereocenters. The molecule has 11 rings (SSSR count). The molecular formula is C52H33N3S. The van der Waals surface area contributed by atoms with Crippen LogP contribution in [0.25, 0.3) is 104 Å². The minimum absolute atomic E-state index is 0.730. The summed E-state index contributed by atoms with van der Waals surface area (Å²) in [5.41, 5.74) is 14.6. The number of nitrogens with zero attached hydrogens (tertiary/aromatic N) is 3. The van der Waals surface area contributed by atoms with E-state index in [1.807, 2.05) is 18.2 Å². The Bertz CT molecular complexity index is 3200. The van der Waals surface area contributed by atoms with Gasteiger partial charge in [0.2, 0.25) is 0 Å². The summed E-state index contributed by atoms with van der Waals surface area (Å²) < 4.78 is 4.68. The van der Waals surface area contributed by atoms with E-state index in [2.05, 4.69) is 187 Å². The molecule has 0 saturated heterocycles. The summed E-state index contributed by atoms with van der Waals surface area (Å²) >= 11 is 1.79. The van der Waals surface area contributed by atoms with Crippen LogP contribution in [0, 0.1) is 0 Å². The van der Waals surface area contributed by atoms with Gasteiger partial charge in [0.1, 0.15) is 0 Å². The second-order valence-electron chi connectivity index (χ2n) is 14.2. The summed E-state index contributed by atoms with van der Waals surface area (Å²) in [6, 6.07) is 71.4. The van der Waals surface area contributed by atoms with Crippen LogP contribution in [0.15, 0.2) is 200 Å². The van der Waals surface area contributed by atoms with E-state index in [1.165, 1.54) is 54.3 Å². The van der Waals surface area contributed by atoms with Gasteiger partial charge in [-0.1, -0.05) is 164 Å². The van der Waals surface area contributed by atoms with Gasteiger partial charge in [0, 0.05) is 37.7 Å². The molecule has 4 heteroatoms. The number of thiophene rings is 1. The molecule has 0 fully saturated rings. The molecule has 0 N–H and O–H groups in total. The molecule has 0 aliphatic heterocycles. The molecule has 0 radical (unpaired) electrons. The van der Waals surface area contributed by atoms with Crippen molar-refractivity contribution in [3.8, 4) is 61.7 Å². The topological polar surface area (TPSA) is 30.7 Å². The first-order chi connectivity index (χ1) is 27.8. The summed E-state index contributed by atoms with van der Waals surface area (Å²) in [5.74, 6) is 0.730. The zero-order valence-electron chi connectivity index (χ0n) is 30.3. The van der Waals surface area contributed by atoms with Gasteiger partial charge in [0.25, 0.3) is 0 Å². The lowest BCUT2D eigenvalue weighted by molar-refractivity contribution is 1.18. The Hall–Kier alpha value is -7.14. The van der Waals surface area contributed by atoms with E-state index in [0.29, 0.717) is 0 Å². The Morgan fingerprint density at radius 1 is 0.357 bits per heavy atom. The molecule has 8 aromatic carbocycles. The van der Waals surface area contributed by atoms with Crippen molar-refractivity contribution in [1.29, 1.82) is 0 Å². The summed E-state index contributed by atoms with van der Waals surface area (Å²) in [7, 11) is 0. The van der Waals surface area contributed by atoms with Gasteiger partial charge in [0.05, 0.1) is 26.9 Å². The average molecular weight is 732 g/mol. The van der Waals surface area contributed by atoms with E-state index in [0.717, 1.165) is 49.5 Å². The van der Waals surface area contributed by atoms with Crippen molar-refractivity contribution in [2.75, 3.05) is 0 Å². The highest BCUT2D eigenvalue weighted by molar-refractivity contribution is 7.26. The average Bonchev–Trinajstić information content (AvgIpc) is 3.83. The Kier molecular flexibility index (Phi) is 7.68. The van der Waals surface area contributed by atoms with E-state index in [1.54, 1.807) is 11.3 Å². The number of fused-ring (bicyclic) bond motifs is 6. The van der Waals surface area contributed by atoms with Gasteiger partial charge in [-0.2, -0.15) is 0 Å². The zero-order valence-corrected chi connectivity index (χ0v) is 31.1. The molecule has 0 bridgehead atoms.